The summed E-state index contributed by atoms with van der Waals surface area (Å²) < 4.78 is 12.2. The van der Waals surface area contributed by atoms with Crippen molar-refractivity contribution >= 4 is 10.8 Å². The van der Waals surface area contributed by atoms with Gasteiger partial charge in [0.05, 0.1) is 10.8 Å². The minimum atomic E-state index is -1.08. The van der Waals surface area contributed by atoms with Crippen LogP contribution < -0.4 is 0 Å². The lowest BCUT2D eigenvalue weighted by atomic mass is 10.0. The zero-order valence-corrected chi connectivity index (χ0v) is 14.3. The fraction of sp³-hybridized carbons (Fsp3) is 0.526. The highest BCUT2D eigenvalue weighted by Gasteiger charge is 1.99. The Hall–Kier alpha value is -1.11. The van der Waals surface area contributed by atoms with Crippen molar-refractivity contribution in [1.82, 2.24) is 0 Å². The van der Waals surface area contributed by atoms with Crippen molar-refractivity contribution in [3.63, 3.8) is 0 Å². The van der Waals surface area contributed by atoms with Crippen molar-refractivity contribution in [3.05, 3.63) is 47.0 Å². The third-order valence-electron chi connectivity index (χ3n) is 3.51. The second kappa shape index (κ2) is 11.5. The number of unbranched alkanes of at least 4 members (excludes halogenated alkanes) is 4. The molecule has 1 rings (SSSR count). The molecular weight excluding hydrogens is 276 g/mol. The second-order valence-corrected chi connectivity index (χ2v) is 6.69. The molecule has 0 aromatic heterocycles. The molecule has 0 fully saturated rings. The van der Waals surface area contributed by atoms with E-state index in [-0.39, 0.29) is 0 Å². The largest absolute Gasteiger partial charge is 0.249 e. The van der Waals surface area contributed by atoms with Gasteiger partial charge in [-0.15, -0.1) is 5.73 Å². The maximum absolute atomic E-state index is 12.2. The molecule has 21 heavy (non-hydrogen) atoms. The Labute approximate surface area is 132 Å². The van der Waals surface area contributed by atoms with Crippen LogP contribution in [0.5, 0.6) is 0 Å². The van der Waals surface area contributed by atoms with Gasteiger partial charge < -0.3 is 0 Å². The molecule has 0 amide bonds. The summed E-state index contributed by atoms with van der Waals surface area (Å²) in [5.74, 6) is 0. The van der Waals surface area contributed by atoms with Gasteiger partial charge in [-0.1, -0.05) is 57.7 Å². The molecule has 2 heteroatoms. The van der Waals surface area contributed by atoms with E-state index >= 15 is 0 Å². The van der Waals surface area contributed by atoms with Crippen molar-refractivity contribution < 1.29 is 4.21 Å². The van der Waals surface area contributed by atoms with Crippen LogP contribution >= 0.6 is 0 Å². The summed E-state index contributed by atoms with van der Waals surface area (Å²) in [4.78, 5) is 0.853. The Kier molecular flexibility index (Phi) is 9.86. The van der Waals surface area contributed by atoms with Gasteiger partial charge in [-0.05, 0) is 43.4 Å². The highest BCUT2D eigenvalue weighted by atomic mass is 32.2. The van der Waals surface area contributed by atoms with Gasteiger partial charge >= 0.3 is 0 Å². The molecule has 1 nitrogen and oxygen atoms in total. The summed E-state index contributed by atoms with van der Waals surface area (Å²) in [5, 5.41) is 1.74. The molecule has 0 spiro atoms. The molecule has 0 saturated heterocycles. The Morgan fingerprint density at radius 1 is 1.00 bits per heavy atom. The summed E-state index contributed by atoms with van der Waals surface area (Å²) in [6.07, 6.45) is 9.67. The first kappa shape index (κ1) is 17.9. The number of benzene rings is 1. The van der Waals surface area contributed by atoms with E-state index in [9.17, 15) is 4.21 Å². The lowest BCUT2D eigenvalue weighted by molar-refractivity contribution is 0.646. The number of allylic oxidation sites excluding steroid dienone is 1. The first-order chi connectivity index (χ1) is 10.3. The molecule has 0 N–H and O–H groups in total. The molecule has 0 saturated carbocycles. The zero-order valence-electron chi connectivity index (χ0n) is 13.4. The Bertz CT molecular complexity index is 470. The van der Waals surface area contributed by atoms with E-state index in [1.54, 1.807) is 5.41 Å². The maximum Gasteiger partial charge on any atom is 0.0854 e. The lowest BCUT2D eigenvalue weighted by Crippen LogP contribution is -1.87. The van der Waals surface area contributed by atoms with Crippen LogP contribution in [0.25, 0.3) is 0 Å². The number of hydrogen-bond donors (Lipinski definition) is 0. The zero-order chi connectivity index (χ0) is 15.3. The van der Waals surface area contributed by atoms with Crippen LogP contribution in [0.2, 0.25) is 0 Å². The van der Waals surface area contributed by atoms with Crippen LogP contribution in [0.15, 0.2) is 51.9 Å². The van der Waals surface area contributed by atoms with Crippen molar-refractivity contribution in [1.29, 1.82) is 0 Å². The third kappa shape index (κ3) is 8.04. The highest BCUT2D eigenvalue weighted by Crippen LogP contribution is 2.16. The molecule has 0 aliphatic carbocycles. The summed E-state index contributed by atoms with van der Waals surface area (Å²) in [5.41, 5.74) is 4.65. The van der Waals surface area contributed by atoms with E-state index in [0.29, 0.717) is 0 Å². The molecular formula is C19H28OS. The average Bonchev–Trinajstić information content (AvgIpc) is 2.53. The first-order valence-corrected chi connectivity index (χ1v) is 9.39. The van der Waals surface area contributed by atoms with Gasteiger partial charge in [0.15, 0.2) is 0 Å². The van der Waals surface area contributed by atoms with Crippen LogP contribution in [0.3, 0.4) is 0 Å². The van der Waals surface area contributed by atoms with Crippen LogP contribution in [0, 0.1) is 0 Å². The van der Waals surface area contributed by atoms with Gasteiger partial charge in [0.1, 0.15) is 0 Å². The number of hydrogen-bond acceptors (Lipinski definition) is 1. The molecule has 0 aliphatic heterocycles. The summed E-state index contributed by atoms with van der Waals surface area (Å²) in [6, 6.07) is 9.60. The van der Waals surface area contributed by atoms with Crippen molar-refractivity contribution in [3.8, 4) is 0 Å². The minimum absolute atomic E-state index is 0.853. The van der Waals surface area contributed by atoms with Gasteiger partial charge in [0.25, 0.3) is 0 Å². The summed E-state index contributed by atoms with van der Waals surface area (Å²) >= 11 is 0. The minimum Gasteiger partial charge on any atom is -0.249 e. The fourth-order valence-electron chi connectivity index (χ4n) is 2.18. The Balaban J connectivity index is 2.66. The molecule has 1 aromatic carbocycles. The van der Waals surface area contributed by atoms with E-state index in [2.05, 4.69) is 19.6 Å². The first-order valence-electron chi connectivity index (χ1n) is 8.18. The van der Waals surface area contributed by atoms with Crippen molar-refractivity contribution in [2.75, 3.05) is 0 Å². The fourth-order valence-corrected chi connectivity index (χ4v) is 3.02. The van der Waals surface area contributed by atoms with E-state index in [1.807, 2.05) is 30.3 Å². The highest BCUT2D eigenvalue weighted by molar-refractivity contribution is 7.88. The predicted octanol–water partition coefficient (Wildman–Crippen LogP) is 5.99. The summed E-state index contributed by atoms with van der Waals surface area (Å²) in [7, 11) is -1.08. The smallest absolute Gasteiger partial charge is 0.0854 e. The van der Waals surface area contributed by atoms with E-state index in [0.717, 1.165) is 17.7 Å². The van der Waals surface area contributed by atoms with Crippen LogP contribution in [0.4, 0.5) is 0 Å². The molecule has 0 bridgehead atoms. The van der Waals surface area contributed by atoms with Gasteiger partial charge in [0, 0.05) is 10.3 Å². The molecule has 0 radical (unpaired) electrons. The van der Waals surface area contributed by atoms with Crippen LogP contribution in [-0.2, 0) is 10.8 Å². The molecule has 1 atom stereocenters. The standard InChI is InChI=1S/C19H28OS/c1-3-5-7-9-13-18(12-6-4-2)16-17-21(20)19-14-10-8-11-15-19/h8,10-11,14-15,17H,3-7,9,12-13H2,1-2H3. The van der Waals surface area contributed by atoms with Gasteiger partial charge in [0.2, 0.25) is 0 Å². The van der Waals surface area contributed by atoms with E-state index in [4.69, 9.17) is 0 Å². The van der Waals surface area contributed by atoms with E-state index in [1.165, 1.54) is 44.1 Å². The van der Waals surface area contributed by atoms with Crippen molar-refractivity contribution in [2.24, 2.45) is 0 Å². The monoisotopic (exact) mass is 304 g/mol. The predicted molar refractivity (Wildman–Crippen MR) is 92.7 cm³/mol. The molecule has 116 valence electrons. The Morgan fingerprint density at radius 2 is 1.67 bits per heavy atom. The van der Waals surface area contributed by atoms with Crippen LogP contribution in [-0.4, -0.2) is 4.21 Å². The molecule has 1 aromatic rings. The lowest BCUT2D eigenvalue weighted by Gasteiger charge is -2.04. The third-order valence-corrected chi connectivity index (χ3v) is 4.58. The van der Waals surface area contributed by atoms with Crippen LogP contribution in [0.1, 0.15) is 65.2 Å². The second-order valence-electron chi connectivity index (χ2n) is 5.39. The van der Waals surface area contributed by atoms with Crippen molar-refractivity contribution in [2.45, 2.75) is 70.1 Å². The van der Waals surface area contributed by atoms with Gasteiger partial charge in [-0.2, -0.15) is 0 Å². The maximum atomic E-state index is 12.2. The topological polar surface area (TPSA) is 17.1 Å². The molecule has 0 aliphatic rings. The quantitative estimate of drug-likeness (QED) is 0.383. The Morgan fingerprint density at radius 3 is 2.33 bits per heavy atom. The van der Waals surface area contributed by atoms with E-state index < -0.39 is 10.8 Å². The van der Waals surface area contributed by atoms with Gasteiger partial charge in [-0.25, -0.2) is 4.21 Å². The molecule has 0 heterocycles. The number of rotatable bonds is 10. The normalized spacial score (nSPS) is 11.7. The summed E-state index contributed by atoms with van der Waals surface area (Å²) in [6.45, 7) is 4.44. The average molecular weight is 304 g/mol. The van der Waals surface area contributed by atoms with Gasteiger partial charge in [-0.3, -0.25) is 0 Å². The molecule has 1 unspecified atom stereocenters. The SMILES string of the molecule is CCCCCCC(=C=CS(=O)c1ccccc1)CCCC.